The van der Waals surface area contributed by atoms with Crippen LogP contribution in [0.4, 0.5) is 5.82 Å². The van der Waals surface area contributed by atoms with E-state index in [1.807, 2.05) is 54.6 Å². The first-order valence-corrected chi connectivity index (χ1v) is 7.95. The zero-order valence-corrected chi connectivity index (χ0v) is 13.5. The van der Waals surface area contributed by atoms with E-state index in [4.69, 9.17) is 4.74 Å². The molecule has 0 saturated carbocycles. The number of allylic oxidation sites excluding steroid dienone is 1. The number of ether oxygens (including phenoxy) is 1. The number of nitrogens with one attached hydrogen (secondary N) is 1. The molecular formula is C21H20N2O. The summed E-state index contributed by atoms with van der Waals surface area (Å²) in [6, 6.07) is 21.9. The van der Waals surface area contributed by atoms with Crippen molar-refractivity contribution in [3.05, 3.63) is 96.7 Å². The van der Waals surface area contributed by atoms with Gasteiger partial charge in [0, 0.05) is 12.7 Å². The van der Waals surface area contributed by atoms with Gasteiger partial charge >= 0.3 is 0 Å². The van der Waals surface area contributed by atoms with E-state index in [2.05, 4.69) is 35.1 Å². The Morgan fingerprint density at radius 3 is 2.50 bits per heavy atom. The summed E-state index contributed by atoms with van der Waals surface area (Å²) in [6.07, 6.45) is 4.46. The van der Waals surface area contributed by atoms with Crippen molar-refractivity contribution >= 4 is 5.82 Å². The van der Waals surface area contributed by atoms with E-state index in [9.17, 15) is 0 Å². The molecule has 0 unspecified atom stereocenters. The van der Waals surface area contributed by atoms with Gasteiger partial charge in [-0.2, -0.15) is 0 Å². The Bertz CT molecular complexity index is 782. The van der Waals surface area contributed by atoms with Crippen LogP contribution in [0.5, 0.6) is 11.5 Å². The van der Waals surface area contributed by atoms with Crippen LogP contribution in [-0.2, 0) is 13.0 Å². The number of pyridine rings is 1. The molecule has 0 aliphatic carbocycles. The van der Waals surface area contributed by atoms with Gasteiger partial charge in [-0.3, -0.25) is 0 Å². The number of aromatic nitrogens is 1. The fourth-order valence-corrected chi connectivity index (χ4v) is 2.39. The predicted molar refractivity (Wildman–Crippen MR) is 98.4 cm³/mol. The Morgan fingerprint density at radius 2 is 1.75 bits per heavy atom. The molecule has 0 aliphatic heterocycles. The Labute approximate surface area is 142 Å². The maximum atomic E-state index is 6.00. The largest absolute Gasteiger partial charge is 0.457 e. The molecule has 24 heavy (non-hydrogen) atoms. The number of para-hydroxylation sites is 1. The third kappa shape index (κ3) is 4.23. The van der Waals surface area contributed by atoms with Crippen molar-refractivity contribution in [2.45, 2.75) is 13.0 Å². The number of anilines is 1. The zero-order valence-electron chi connectivity index (χ0n) is 13.5. The van der Waals surface area contributed by atoms with Gasteiger partial charge in [0.15, 0.2) is 0 Å². The molecule has 0 amide bonds. The Kier molecular flexibility index (Phi) is 5.25. The molecule has 3 nitrogen and oxygen atoms in total. The molecule has 0 fully saturated rings. The quantitative estimate of drug-likeness (QED) is 0.607. The van der Waals surface area contributed by atoms with Crippen LogP contribution in [0.1, 0.15) is 11.1 Å². The molecule has 3 rings (SSSR count). The third-order valence-electron chi connectivity index (χ3n) is 3.63. The molecule has 120 valence electrons. The van der Waals surface area contributed by atoms with Crippen molar-refractivity contribution < 1.29 is 4.74 Å². The highest BCUT2D eigenvalue weighted by Crippen LogP contribution is 2.26. The van der Waals surface area contributed by atoms with Gasteiger partial charge in [-0.25, -0.2) is 4.98 Å². The first-order chi connectivity index (χ1) is 11.8. The van der Waals surface area contributed by atoms with Crippen molar-refractivity contribution in [1.29, 1.82) is 0 Å². The number of nitrogens with zero attached hydrogens (tertiary/aromatic N) is 1. The van der Waals surface area contributed by atoms with Crippen LogP contribution in [0.2, 0.25) is 0 Å². The molecule has 2 aromatic carbocycles. The second-order valence-electron chi connectivity index (χ2n) is 5.42. The van der Waals surface area contributed by atoms with Crippen molar-refractivity contribution in [3.8, 4) is 11.5 Å². The minimum absolute atomic E-state index is 0.727. The molecule has 0 spiro atoms. The highest BCUT2D eigenvalue weighted by Gasteiger charge is 2.03. The summed E-state index contributed by atoms with van der Waals surface area (Å²) in [6.45, 7) is 4.52. The number of hydrogen-bond acceptors (Lipinski definition) is 3. The van der Waals surface area contributed by atoms with E-state index in [0.29, 0.717) is 0 Å². The van der Waals surface area contributed by atoms with Crippen LogP contribution in [0, 0.1) is 0 Å². The van der Waals surface area contributed by atoms with Crippen LogP contribution in [-0.4, -0.2) is 4.98 Å². The first-order valence-electron chi connectivity index (χ1n) is 7.95. The van der Waals surface area contributed by atoms with Crippen LogP contribution < -0.4 is 10.1 Å². The highest BCUT2D eigenvalue weighted by molar-refractivity contribution is 5.40. The van der Waals surface area contributed by atoms with E-state index in [1.165, 1.54) is 5.56 Å². The van der Waals surface area contributed by atoms with Gasteiger partial charge in [-0.1, -0.05) is 42.5 Å². The van der Waals surface area contributed by atoms with Crippen LogP contribution in [0.15, 0.2) is 85.6 Å². The zero-order chi connectivity index (χ0) is 16.6. The lowest BCUT2D eigenvalue weighted by Crippen LogP contribution is -2.00. The summed E-state index contributed by atoms with van der Waals surface area (Å²) in [5, 5.41) is 3.29. The topological polar surface area (TPSA) is 34.1 Å². The fraction of sp³-hybridized carbons (Fsp3) is 0.0952. The summed E-state index contributed by atoms with van der Waals surface area (Å²) in [5.74, 6) is 2.57. The molecule has 0 saturated heterocycles. The molecule has 0 radical (unpaired) electrons. The summed E-state index contributed by atoms with van der Waals surface area (Å²) in [5.41, 5.74) is 2.31. The van der Waals surface area contributed by atoms with Gasteiger partial charge in [0.2, 0.25) is 0 Å². The molecule has 1 N–H and O–H groups in total. The highest BCUT2D eigenvalue weighted by atomic mass is 16.5. The lowest BCUT2D eigenvalue weighted by atomic mass is 10.1. The molecule has 0 atom stereocenters. The monoisotopic (exact) mass is 316 g/mol. The number of benzene rings is 2. The molecule has 3 aromatic rings. The Hall–Kier alpha value is -3.07. The lowest BCUT2D eigenvalue weighted by Gasteiger charge is -2.11. The van der Waals surface area contributed by atoms with E-state index in [1.54, 1.807) is 6.20 Å². The molecule has 1 aromatic heterocycles. The van der Waals surface area contributed by atoms with Crippen LogP contribution in [0.25, 0.3) is 0 Å². The summed E-state index contributed by atoms with van der Waals surface area (Å²) >= 11 is 0. The van der Waals surface area contributed by atoms with Crippen molar-refractivity contribution in [2.75, 3.05) is 5.32 Å². The first kappa shape index (κ1) is 15.8. The predicted octanol–water partition coefficient (Wildman–Crippen LogP) is 5.21. The smallest absolute Gasteiger partial charge is 0.130 e. The maximum Gasteiger partial charge on any atom is 0.130 e. The van der Waals surface area contributed by atoms with E-state index in [-0.39, 0.29) is 0 Å². The van der Waals surface area contributed by atoms with E-state index < -0.39 is 0 Å². The Balaban J connectivity index is 1.63. The van der Waals surface area contributed by atoms with Gasteiger partial charge in [0.25, 0.3) is 0 Å². The summed E-state index contributed by atoms with van der Waals surface area (Å²) in [4.78, 5) is 4.25. The molecule has 0 bridgehead atoms. The Morgan fingerprint density at radius 1 is 0.958 bits per heavy atom. The summed E-state index contributed by atoms with van der Waals surface area (Å²) < 4.78 is 6.00. The summed E-state index contributed by atoms with van der Waals surface area (Å²) in [7, 11) is 0. The van der Waals surface area contributed by atoms with Gasteiger partial charge in [0.1, 0.15) is 17.3 Å². The normalized spacial score (nSPS) is 10.2. The average Bonchev–Trinajstić information content (AvgIpc) is 2.64. The molecule has 1 heterocycles. The second kappa shape index (κ2) is 7.97. The van der Waals surface area contributed by atoms with Gasteiger partial charge in [-0.05, 0) is 47.9 Å². The number of hydrogen-bond donors (Lipinski definition) is 1. The average molecular weight is 316 g/mol. The lowest BCUT2D eigenvalue weighted by molar-refractivity contribution is 0.477. The van der Waals surface area contributed by atoms with Gasteiger partial charge in [0.05, 0.1) is 0 Å². The van der Waals surface area contributed by atoms with Crippen molar-refractivity contribution in [1.82, 2.24) is 4.98 Å². The molecule has 3 heteroatoms. The fourth-order valence-electron chi connectivity index (χ4n) is 2.39. The van der Waals surface area contributed by atoms with Crippen molar-refractivity contribution in [2.24, 2.45) is 0 Å². The standard InChI is InChI=1S/C21H20N2O/c1-2-7-18-8-3-4-9-20(18)24-19-13-11-17(12-14-19)16-23-21-10-5-6-15-22-21/h2-6,8-15H,1,7,16H2,(H,22,23). The number of rotatable bonds is 7. The maximum absolute atomic E-state index is 6.00. The van der Waals surface area contributed by atoms with E-state index in [0.717, 1.165) is 35.8 Å². The van der Waals surface area contributed by atoms with Crippen LogP contribution in [0.3, 0.4) is 0 Å². The molecule has 0 aliphatic rings. The van der Waals surface area contributed by atoms with E-state index >= 15 is 0 Å². The second-order valence-corrected chi connectivity index (χ2v) is 5.42. The van der Waals surface area contributed by atoms with Crippen molar-refractivity contribution in [3.63, 3.8) is 0 Å². The van der Waals surface area contributed by atoms with Gasteiger partial charge < -0.3 is 10.1 Å². The SMILES string of the molecule is C=CCc1ccccc1Oc1ccc(CNc2ccccn2)cc1. The van der Waals surface area contributed by atoms with Crippen LogP contribution >= 0.6 is 0 Å². The molecular weight excluding hydrogens is 296 g/mol. The minimum atomic E-state index is 0.727. The van der Waals surface area contributed by atoms with Gasteiger partial charge in [-0.15, -0.1) is 6.58 Å². The minimum Gasteiger partial charge on any atom is -0.457 e. The third-order valence-corrected chi connectivity index (χ3v) is 3.63.